The number of hydrogen-bond donors (Lipinski definition) is 1. The van der Waals surface area contributed by atoms with Crippen LogP contribution in [0.1, 0.15) is 63.9 Å². The highest BCUT2D eigenvalue weighted by molar-refractivity contribution is 7.80. The number of anilines is 1. The molecule has 1 aromatic rings. The fourth-order valence-corrected chi connectivity index (χ4v) is 4.14. The van der Waals surface area contributed by atoms with E-state index in [1.54, 1.807) is 6.08 Å². The van der Waals surface area contributed by atoms with Crippen molar-refractivity contribution in [3.63, 3.8) is 0 Å². The Labute approximate surface area is 179 Å². The van der Waals surface area contributed by atoms with Gasteiger partial charge in [-0.25, -0.2) is 0 Å². The van der Waals surface area contributed by atoms with Gasteiger partial charge in [-0.15, -0.1) is 0 Å². The molecule has 2 amide bonds. The first-order chi connectivity index (χ1) is 14.1. The molecule has 0 spiro atoms. The molecule has 2 saturated heterocycles. The quantitative estimate of drug-likeness (QED) is 0.314. The predicted molar refractivity (Wildman–Crippen MR) is 122 cm³/mol. The van der Waals surface area contributed by atoms with E-state index in [1.807, 2.05) is 12.1 Å². The van der Waals surface area contributed by atoms with Crippen LogP contribution >= 0.6 is 12.2 Å². The molecule has 29 heavy (non-hydrogen) atoms. The lowest BCUT2D eigenvalue weighted by atomic mass is 10.1. The molecule has 0 bridgehead atoms. The van der Waals surface area contributed by atoms with Gasteiger partial charge in [-0.1, -0.05) is 51.2 Å². The van der Waals surface area contributed by atoms with Crippen LogP contribution in [0.2, 0.25) is 0 Å². The van der Waals surface area contributed by atoms with Gasteiger partial charge in [0.1, 0.15) is 5.57 Å². The molecule has 2 aliphatic rings. The third-order valence-electron chi connectivity index (χ3n) is 5.60. The van der Waals surface area contributed by atoms with Gasteiger partial charge in [-0.2, -0.15) is 0 Å². The predicted octanol–water partition coefficient (Wildman–Crippen LogP) is 4.27. The molecule has 1 N–H and O–H groups in total. The van der Waals surface area contributed by atoms with Crippen LogP contribution < -0.4 is 10.2 Å². The van der Waals surface area contributed by atoms with Crippen LogP contribution in [-0.2, 0) is 9.59 Å². The Balaban J connectivity index is 1.70. The van der Waals surface area contributed by atoms with Crippen LogP contribution in [0.4, 0.5) is 5.69 Å². The maximum atomic E-state index is 12.9. The topological polar surface area (TPSA) is 52.7 Å². The van der Waals surface area contributed by atoms with E-state index in [0.29, 0.717) is 6.54 Å². The van der Waals surface area contributed by atoms with Crippen molar-refractivity contribution in [3.05, 3.63) is 35.4 Å². The molecule has 2 heterocycles. The van der Waals surface area contributed by atoms with Crippen LogP contribution in [0.3, 0.4) is 0 Å². The molecule has 0 saturated carbocycles. The molecule has 0 radical (unpaired) electrons. The smallest absolute Gasteiger partial charge is 0.265 e. The lowest BCUT2D eigenvalue weighted by molar-refractivity contribution is -0.128. The van der Waals surface area contributed by atoms with Gasteiger partial charge in [0, 0.05) is 25.3 Å². The number of rotatable bonds is 7. The third-order valence-corrected chi connectivity index (χ3v) is 5.92. The number of hydrogen-bond acceptors (Lipinski definition) is 4. The summed E-state index contributed by atoms with van der Waals surface area (Å²) < 4.78 is 0. The van der Waals surface area contributed by atoms with Crippen molar-refractivity contribution < 1.29 is 9.59 Å². The second-order valence-electron chi connectivity index (χ2n) is 7.83. The summed E-state index contributed by atoms with van der Waals surface area (Å²) in [6.07, 6.45) is 10.9. The number of amides is 2. The number of benzene rings is 1. The molecule has 0 aromatic heterocycles. The highest BCUT2D eigenvalue weighted by Crippen LogP contribution is 2.22. The molecule has 0 unspecified atom stereocenters. The van der Waals surface area contributed by atoms with Crippen LogP contribution in [0.25, 0.3) is 6.08 Å². The van der Waals surface area contributed by atoms with Crippen molar-refractivity contribution in [1.82, 2.24) is 10.2 Å². The van der Waals surface area contributed by atoms with E-state index in [4.69, 9.17) is 12.2 Å². The van der Waals surface area contributed by atoms with Crippen LogP contribution in [-0.4, -0.2) is 41.5 Å². The highest BCUT2D eigenvalue weighted by Gasteiger charge is 2.32. The van der Waals surface area contributed by atoms with Gasteiger partial charge in [0.15, 0.2) is 5.11 Å². The van der Waals surface area contributed by atoms with E-state index in [1.165, 1.54) is 36.3 Å². The summed E-state index contributed by atoms with van der Waals surface area (Å²) >= 11 is 5.22. The number of thiocarbonyl (C=S) groups is 1. The summed E-state index contributed by atoms with van der Waals surface area (Å²) in [5, 5.41) is 2.88. The summed E-state index contributed by atoms with van der Waals surface area (Å²) in [5.41, 5.74) is 2.20. The molecule has 0 atom stereocenters. The van der Waals surface area contributed by atoms with Crippen LogP contribution in [0.15, 0.2) is 29.8 Å². The minimum absolute atomic E-state index is 0.150. The SMILES string of the molecule is CCCCCCN1C(=O)C(=Cc2ccc(N3CCCCCC3)cc2)C(=O)NC1=S. The number of nitrogens with zero attached hydrogens (tertiary/aromatic N) is 2. The normalized spacial score (nSPS) is 19.5. The van der Waals surface area contributed by atoms with Crippen molar-refractivity contribution in [3.8, 4) is 0 Å². The summed E-state index contributed by atoms with van der Waals surface area (Å²) in [7, 11) is 0. The van der Waals surface area contributed by atoms with E-state index >= 15 is 0 Å². The van der Waals surface area contributed by atoms with E-state index in [0.717, 1.165) is 44.3 Å². The lowest BCUT2D eigenvalue weighted by Crippen LogP contribution is -2.54. The van der Waals surface area contributed by atoms with Crippen molar-refractivity contribution in [2.75, 3.05) is 24.5 Å². The Morgan fingerprint density at radius 2 is 1.69 bits per heavy atom. The van der Waals surface area contributed by atoms with Gasteiger partial charge in [0.2, 0.25) is 0 Å². The Hall–Kier alpha value is -2.21. The van der Waals surface area contributed by atoms with Gasteiger partial charge in [0.05, 0.1) is 0 Å². The van der Waals surface area contributed by atoms with E-state index in [-0.39, 0.29) is 16.6 Å². The first kappa shape index (κ1) is 21.5. The molecule has 156 valence electrons. The first-order valence-electron chi connectivity index (χ1n) is 10.8. The lowest BCUT2D eigenvalue weighted by Gasteiger charge is -2.29. The minimum atomic E-state index is -0.415. The van der Waals surface area contributed by atoms with E-state index < -0.39 is 5.91 Å². The minimum Gasteiger partial charge on any atom is -0.372 e. The van der Waals surface area contributed by atoms with Gasteiger partial charge < -0.3 is 4.90 Å². The molecular formula is C23H31N3O2S. The van der Waals surface area contributed by atoms with Crippen molar-refractivity contribution in [2.45, 2.75) is 58.3 Å². The summed E-state index contributed by atoms with van der Waals surface area (Å²) in [5.74, 6) is -0.715. The van der Waals surface area contributed by atoms with Crippen LogP contribution in [0, 0.1) is 0 Å². The second-order valence-corrected chi connectivity index (χ2v) is 8.21. The standard InChI is InChI=1S/C23H31N3O2S/c1-2-3-4-9-16-26-22(28)20(21(27)24-23(26)29)17-18-10-12-19(13-11-18)25-14-7-5-6-8-15-25/h10-13,17H,2-9,14-16H2,1H3,(H,24,27,29). The largest absolute Gasteiger partial charge is 0.372 e. The average molecular weight is 414 g/mol. The van der Waals surface area contributed by atoms with Gasteiger partial charge >= 0.3 is 0 Å². The van der Waals surface area contributed by atoms with Crippen LogP contribution in [0.5, 0.6) is 0 Å². The summed E-state index contributed by atoms with van der Waals surface area (Å²) in [4.78, 5) is 29.2. The maximum absolute atomic E-state index is 12.9. The Morgan fingerprint density at radius 1 is 1.00 bits per heavy atom. The van der Waals surface area contributed by atoms with Crippen molar-refractivity contribution >= 4 is 40.9 Å². The molecule has 5 nitrogen and oxygen atoms in total. The third kappa shape index (κ3) is 5.66. The molecule has 3 rings (SSSR count). The number of carbonyl (C=O) groups excluding carboxylic acids is 2. The second kappa shape index (κ2) is 10.5. The van der Waals surface area contributed by atoms with Gasteiger partial charge in [0.25, 0.3) is 11.8 Å². The maximum Gasteiger partial charge on any atom is 0.265 e. The van der Waals surface area contributed by atoms with Gasteiger partial charge in [-0.3, -0.25) is 19.8 Å². The molecule has 0 aliphatic carbocycles. The monoisotopic (exact) mass is 413 g/mol. The van der Waals surface area contributed by atoms with Gasteiger partial charge in [-0.05, 0) is 55.3 Å². The zero-order valence-corrected chi connectivity index (χ0v) is 18.1. The number of carbonyl (C=O) groups is 2. The highest BCUT2D eigenvalue weighted by atomic mass is 32.1. The zero-order chi connectivity index (χ0) is 20.6. The average Bonchev–Trinajstić information content (AvgIpc) is 3.00. The Kier molecular flexibility index (Phi) is 7.81. The summed E-state index contributed by atoms with van der Waals surface area (Å²) in [6, 6.07) is 8.12. The number of nitrogens with one attached hydrogen (secondary N) is 1. The van der Waals surface area contributed by atoms with Crippen molar-refractivity contribution in [1.29, 1.82) is 0 Å². The Morgan fingerprint density at radius 3 is 2.34 bits per heavy atom. The fraction of sp³-hybridized carbons (Fsp3) is 0.522. The summed E-state index contributed by atoms with van der Waals surface area (Å²) in [6.45, 7) is 4.87. The molecule has 1 aromatic carbocycles. The number of unbranched alkanes of at least 4 members (excludes halogenated alkanes) is 3. The molecule has 6 heteroatoms. The van der Waals surface area contributed by atoms with Crippen molar-refractivity contribution in [2.24, 2.45) is 0 Å². The molecular weight excluding hydrogens is 382 g/mol. The van der Waals surface area contributed by atoms with E-state index in [9.17, 15) is 9.59 Å². The van der Waals surface area contributed by atoms with E-state index in [2.05, 4.69) is 29.3 Å². The molecule has 2 aliphatic heterocycles. The zero-order valence-electron chi connectivity index (χ0n) is 17.3. The Bertz CT molecular complexity index is 765. The first-order valence-corrected chi connectivity index (χ1v) is 11.2. The molecule has 2 fully saturated rings. The fourth-order valence-electron chi connectivity index (χ4n) is 3.87.